The molecule has 0 amide bonds. The van der Waals surface area contributed by atoms with E-state index in [9.17, 15) is 0 Å². The van der Waals surface area contributed by atoms with Crippen LogP contribution in [0.25, 0.3) is 0 Å². The Morgan fingerprint density at radius 2 is 1.85 bits per heavy atom. The Balaban J connectivity index is 2.08. The number of hydrogen-bond acceptors (Lipinski definition) is 1. The Bertz CT molecular complexity index is 536. The van der Waals surface area contributed by atoms with E-state index < -0.39 is 0 Å². The second-order valence-electron chi connectivity index (χ2n) is 5.14. The summed E-state index contributed by atoms with van der Waals surface area (Å²) in [5.41, 5.74) is 4.08. The molecule has 0 heterocycles. The number of halogens is 1. The summed E-state index contributed by atoms with van der Waals surface area (Å²) in [6.07, 6.45) is 2.23. The Morgan fingerprint density at radius 1 is 1.10 bits per heavy atom. The molecule has 0 aliphatic rings. The van der Waals surface area contributed by atoms with Crippen molar-refractivity contribution in [2.75, 3.05) is 6.54 Å². The van der Waals surface area contributed by atoms with Gasteiger partial charge in [0, 0.05) is 10.5 Å². The van der Waals surface area contributed by atoms with Gasteiger partial charge in [0.05, 0.1) is 0 Å². The van der Waals surface area contributed by atoms with Crippen molar-refractivity contribution < 1.29 is 0 Å². The first kappa shape index (κ1) is 15.3. The van der Waals surface area contributed by atoms with Crippen molar-refractivity contribution in [1.29, 1.82) is 0 Å². The number of benzene rings is 2. The van der Waals surface area contributed by atoms with E-state index in [0.717, 1.165) is 19.4 Å². The molecule has 1 N–H and O–H groups in total. The van der Waals surface area contributed by atoms with Crippen molar-refractivity contribution in [1.82, 2.24) is 5.32 Å². The molecule has 0 aliphatic carbocycles. The average Bonchev–Trinajstić information content (AvgIpc) is 2.47. The lowest BCUT2D eigenvalue weighted by molar-refractivity contribution is 0.515. The van der Waals surface area contributed by atoms with Crippen LogP contribution in [0.4, 0.5) is 0 Å². The van der Waals surface area contributed by atoms with Gasteiger partial charge in [0.25, 0.3) is 0 Å². The molecule has 1 unspecified atom stereocenters. The van der Waals surface area contributed by atoms with Crippen molar-refractivity contribution >= 4 is 15.9 Å². The smallest absolute Gasteiger partial charge is 0.0323 e. The zero-order valence-electron chi connectivity index (χ0n) is 12.2. The highest BCUT2D eigenvalue weighted by atomic mass is 79.9. The normalized spacial score (nSPS) is 12.3. The summed E-state index contributed by atoms with van der Waals surface area (Å²) in [6.45, 7) is 5.31. The molecule has 106 valence electrons. The van der Waals surface area contributed by atoms with Crippen LogP contribution in [0.1, 0.15) is 36.1 Å². The van der Waals surface area contributed by atoms with Gasteiger partial charge in [-0.3, -0.25) is 0 Å². The van der Waals surface area contributed by atoms with E-state index in [-0.39, 0.29) is 0 Å². The largest absolute Gasteiger partial charge is 0.310 e. The highest BCUT2D eigenvalue weighted by Crippen LogP contribution is 2.24. The van der Waals surface area contributed by atoms with Crippen LogP contribution in [0.5, 0.6) is 0 Å². The van der Waals surface area contributed by atoms with Gasteiger partial charge in [0.1, 0.15) is 0 Å². The second-order valence-corrected chi connectivity index (χ2v) is 6.00. The Labute approximate surface area is 130 Å². The Kier molecular flexibility index (Phi) is 5.81. The lowest BCUT2D eigenvalue weighted by Gasteiger charge is -2.19. The van der Waals surface area contributed by atoms with Crippen LogP contribution >= 0.6 is 15.9 Å². The van der Waals surface area contributed by atoms with E-state index in [4.69, 9.17) is 0 Å². The number of hydrogen-bond donors (Lipinski definition) is 1. The van der Waals surface area contributed by atoms with Gasteiger partial charge in [-0.2, -0.15) is 0 Å². The van der Waals surface area contributed by atoms with E-state index >= 15 is 0 Å². The fourth-order valence-electron chi connectivity index (χ4n) is 2.47. The number of rotatable bonds is 6. The lowest BCUT2D eigenvalue weighted by atomic mass is 9.97. The molecule has 0 aliphatic heterocycles. The molecule has 0 saturated heterocycles. The molecule has 2 aromatic rings. The number of aryl methyl sites for hydroxylation is 2. The minimum Gasteiger partial charge on any atom is -0.310 e. The molecule has 20 heavy (non-hydrogen) atoms. The van der Waals surface area contributed by atoms with Crippen molar-refractivity contribution in [3.8, 4) is 0 Å². The van der Waals surface area contributed by atoms with Gasteiger partial charge in [0.2, 0.25) is 0 Å². The van der Waals surface area contributed by atoms with Crippen LogP contribution in [0, 0.1) is 6.92 Å². The van der Waals surface area contributed by atoms with Gasteiger partial charge in [-0.25, -0.2) is 0 Å². The minimum atomic E-state index is 0.423. The molecule has 0 radical (unpaired) electrons. The molecule has 0 saturated carbocycles. The molecule has 0 bridgehead atoms. The van der Waals surface area contributed by atoms with Crippen molar-refractivity contribution in [2.45, 2.75) is 32.7 Å². The Hall–Kier alpha value is -1.12. The summed E-state index contributed by atoms with van der Waals surface area (Å²) >= 11 is 3.57. The predicted molar refractivity (Wildman–Crippen MR) is 90.1 cm³/mol. The van der Waals surface area contributed by atoms with Gasteiger partial charge in [-0.05, 0) is 49.1 Å². The van der Waals surface area contributed by atoms with E-state index in [1.54, 1.807) is 0 Å². The van der Waals surface area contributed by atoms with Crippen LogP contribution in [0.3, 0.4) is 0 Å². The first-order valence-corrected chi connectivity index (χ1v) is 8.03. The molecule has 0 fully saturated rings. The van der Waals surface area contributed by atoms with Crippen molar-refractivity contribution in [3.05, 3.63) is 69.7 Å². The summed E-state index contributed by atoms with van der Waals surface area (Å²) < 4.78 is 1.18. The fourth-order valence-corrected chi connectivity index (χ4v) is 2.72. The second kappa shape index (κ2) is 7.61. The summed E-state index contributed by atoms with van der Waals surface area (Å²) in [7, 11) is 0. The molecule has 2 heteroatoms. The summed E-state index contributed by atoms with van der Waals surface area (Å²) in [4.78, 5) is 0. The summed E-state index contributed by atoms with van der Waals surface area (Å²) in [6, 6.07) is 17.8. The zero-order valence-corrected chi connectivity index (χ0v) is 13.8. The van der Waals surface area contributed by atoms with Crippen LogP contribution in [0.15, 0.2) is 53.0 Å². The molecule has 2 aromatic carbocycles. The highest BCUT2D eigenvalue weighted by Gasteiger charge is 2.11. The predicted octanol–water partition coefficient (Wildman–Crippen LogP) is 5.04. The highest BCUT2D eigenvalue weighted by molar-refractivity contribution is 9.10. The lowest BCUT2D eigenvalue weighted by Crippen LogP contribution is -2.21. The topological polar surface area (TPSA) is 12.0 Å². The standard InChI is InChI=1S/C18H22BrN/c1-3-20-18(12-9-15-7-5-4-6-8-15)16-10-11-17(19)14(2)13-16/h4-8,10-11,13,18,20H,3,9,12H2,1-2H3. The first-order chi connectivity index (χ1) is 9.70. The maximum atomic E-state index is 3.60. The third kappa shape index (κ3) is 4.19. The summed E-state index contributed by atoms with van der Waals surface area (Å²) in [5, 5.41) is 3.60. The van der Waals surface area contributed by atoms with E-state index in [1.807, 2.05) is 0 Å². The van der Waals surface area contributed by atoms with E-state index in [1.165, 1.54) is 21.2 Å². The summed E-state index contributed by atoms with van der Waals surface area (Å²) in [5.74, 6) is 0. The van der Waals surface area contributed by atoms with Crippen LogP contribution < -0.4 is 5.32 Å². The van der Waals surface area contributed by atoms with Gasteiger partial charge in [-0.1, -0.05) is 65.3 Å². The third-order valence-electron chi connectivity index (χ3n) is 3.60. The third-order valence-corrected chi connectivity index (χ3v) is 4.49. The van der Waals surface area contributed by atoms with Crippen LogP contribution in [-0.4, -0.2) is 6.54 Å². The molecule has 0 spiro atoms. The van der Waals surface area contributed by atoms with E-state index in [0.29, 0.717) is 6.04 Å². The minimum absolute atomic E-state index is 0.423. The maximum absolute atomic E-state index is 3.60. The van der Waals surface area contributed by atoms with Gasteiger partial charge < -0.3 is 5.32 Å². The molecule has 2 rings (SSSR count). The molecular formula is C18H22BrN. The molecule has 0 aromatic heterocycles. The fraction of sp³-hybridized carbons (Fsp3) is 0.333. The van der Waals surface area contributed by atoms with Gasteiger partial charge in [-0.15, -0.1) is 0 Å². The monoisotopic (exact) mass is 331 g/mol. The van der Waals surface area contributed by atoms with Crippen LogP contribution in [-0.2, 0) is 6.42 Å². The first-order valence-electron chi connectivity index (χ1n) is 7.24. The van der Waals surface area contributed by atoms with Crippen LogP contribution in [0.2, 0.25) is 0 Å². The molecule has 1 nitrogen and oxygen atoms in total. The van der Waals surface area contributed by atoms with Gasteiger partial charge in [0.15, 0.2) is 0 Å². The SMILES string of the molecule is CCNC(CCc1ccccc1)c1ccc(Br)c(C)c1. The zero-order chi connectivity index (χ0) is 14.4. The van der Waals surface area contributed by atoms with Crippen molar-refractivity contribution in [3.63, 3.8) is 0 Å². The quantitative estimate of drug-likeness (QED) is 0.781. The molecule has 1 atom stereocenters. The average molecular weight is 332 g/mol. The Morgan fingerprint density at radius 3 is 2.50 bits per heavy atom. The maximum Gasteiger partial charge on any atom is 0.0323 e. The van der Waals surface area contributed by atoms with Crippen molar-refractivity contribution in [2.24, 2.45) is 0 Å². The van der Waals surface area contributed by atoms with E-state index in [2.05, 4.69) is 83.6 Å². The number of nitrogens with one attached hydrogen (secondary N) is 1. The molecular weight excluding hydrogens is 310 g/mol. The van der Waals surface area contributed by atoms with Gasteiger partial charge >= 0.3 is 0 Å².